The molecule has 16 heavy (non-hydrogen) atoms. The van der Waals surface area contributed by atoms with E-state index < -0.39 is 6.10 Å². The van der Waals surface area contributed by atoms with E-state index in [0.29, 0.717) is 0 Å². The highest BCUT2D eigenvalue weighted by Gasteiger charge is 2.15. The number of aliphatic hydroxyl groups is 1. The first-order chi connectivity index (χ1) is 7.74. The van der Waals surface area contributed by atoms with Crippen LogP contribution in [0.15, 0.2) is 42.6 Å². The van der Waals surface area contributed by atoms with Crippen molar-refractivity contribution in [3.63, 3.8) is 0 Å². The van der Waals surface area contributed by atoms with Crippen molar-refractivity contribution in [1.29, 1.82) is 0 Å². The summed E-state index contributed by atoms with van der Waals surface area (Å²) in [5.41, 5.74) is 3.14. The smallest absolute Gasteiger partial charge is 0.119 e. The summed E-state index contributed by atoms with van der Waals surface area (Å²) in [5.74, 6) is 0. The van der Waals surface area contributed by atoms with Gasteiger partial charge in [0.05, 0.1) is 5.69 Å². The van der Waals surface area contributed by atoms with Crippen LogP contribution in [-0.4, -0.2) is 9.67 Å². The molecule has 1 atom stereocenters. The van der Waals surface area contributed by atoms with Crippen LogP contribution < -0.4 is 0 Å². The fourth-order valence-electron chi connectivity index (χ4n) is 2.04. The van der Waals surface area contributed by atoms with Crippen LogP contribution >= 0.6 is 0 Å². The van der Waals surface area contributed by atoms with E-state index >= 15 is 0 Å². The van der Waals surface area contributed by atoms with E-state index in [4.69, 9.17) is 0 Å². The second-order valence-corrected chi connectivity index (χ2v) is 4.00. The summed E-state index contributed by atoms with van der Waals surface area (Å²) in [7, 11) is 1.95. The molecule has 0 aliphatic heterocycles. The van der Waals surface area contributed by atoms with Gasteiger partial charge in [0.2, 0.25) is 0 Å². The predicted molar refractivity (Wildman–Crippen MR) is 65.3 cm³/mol. The van der Waals surface area contributed by atoms with E-state index in [1.165, 1.54) is 5.56 Å². The van der Waals surface area contributed by atoms with Gasteiger partial charge in [0, 0.05) is 13.2 Å². The number of nitrogens with zero attached hydrogens (tertiary/aromatic N) is 1. The number of hydrogen-bond donors (Lipinski definition) is 1. The van der Waals surface area contributed by atoms with E-state index in [2.05, 4.69) is 13.0 Å². The molecule has 0 saturated carbocycles. The van der Waals surface area contributed by atoms with Crippen LogP contribution in [-0.2, 0) is 13.5 Å². The lowest BCUT2D eigenvalue weighted by Crippen LogP contribution is -2.07. The zero-order valence-corrected chi connectivity index (χ0v) is 9.72. The Morgan fingerprint density at radius 3 is 2.56 bits per heavy atom. The van der Waals surface area contributed by atoms with Gasteiger partial charge in [-0.05, 0) is 29.7 Å². The maximum atomic E-state index is 10.4. The topological polar surface area (TPSA) is 25.2 Å². The zero-order valence-electron chi connectivity index (χ0n) is 9.72. The van der Waals surface area contributed by atoms with Gasteiger partial charge in [0.1, 0.15) is 6.10 Å². The molecule has 0 amide bonds. The first kappa shape index (κ1) is 11.0. The normalized spacial score (nSPS) is 12.7. The van der Waals surface area contributed by atoms with Crippen molar-refractivity contribution in [2.45, 2.75) is 19.4 Å². The Morgan fingerprint density at radius 2 is 1.94 bits per heavy atom. The summed E-state index contributed by atoms with van der Waals surface area (Å²) in [4.78, 5) is 0. The molecule has 0 spiro atoms. The SMILES string of the molecule is CCc1ccccc1[C@@H](O)c1cccn1C. The molecule has 1 heterocycles. The van der Waals surface area contributed by atoms with Crippen molar-refractivity contribution >= 4 is 0 Å². The average molecular weight is 215 g/mol. The Balaban J connectivity index is 2.41. The molecule has 2 rings (SSSR count). The molecule has 1 aromatic carbocycles. The molecule has 0 aliphatic carbocycles. The lowest BCUT2D eigenvalue weighted by molar-refractivity contribution is 0.210. The van der Waals surface area contributed by atoms with E-state index in [1.807, 2.05) is 48.1 Å². The first-order valence-electron chi connectivity index (χ1n) is 5.61. The number of aryl methyl sites for hydroxylation is 2. The quantitative estimate of drug-likeness (QED) is 0.836. The molecule has 1 aromatic heterocycles. The third kappa shape index (κ3) is 1.89. The lowest BCUT2D eigenvalue weighted by atomic mass is 9.98. The molecule has 2 aromatic rings. The molecule has 0 radical (unpaired) electrons. The molecule has 2 nitrogen and oxygen atoms in total. The van der Waals surface area contributed by atoms with E-state index in [9.17, 15) is 5.11 Å². The standard InChI is InChI=1S/C14H17NO/c1-3-11-7-4-5-8-12(11)14(16)13-9-6-10-15(13)2/h4-10,14,16H,3H2,1-2H3/t14-/m1/s1. The fourth-order valence-corrected chi connectivity index (χ4v) is 2.04. The van der Waals surface area contributed by atoms with Crippen LogP contribution in [0.25, 0.3) is 0 Å². The van der Waals surface area contributed by atoms with Crippen LogP contribution in [0.1, 0.15) is 29.8 Å². The molecule has 0 bridgehead atoms. The van der Waals surface area contributed by atoms with Gasteiger partial charge in [-0.1, -0.05) is 31.2 Å². The van der Waals surface area contributed by atoms with Crippen LogP contribution in [0.2, 0.25) is 0 Å². The molecule has 0 fully saturated rings. The molecule has 2 heteroatoms. The second kappa shape index (κ2) is 4.54. The predicted octanol–water partition coefficient (Wildman–Crippen LogP) is 2.67. The summed E-state index contributed by atoms with van der Waals surface area (Å²) in [6.07, 6.45) is 2.36. The maximum absolute atomic E-state index is 10.4. The van der Waals surface area contributed by atoms with Crippen LogP contribution in [0.4, 0.5) is 0 Å². The average Bonchev–Trinajstić information content (AvgIpc) is 2.74. The first-order valence-corrected chi connectivity index (χ1v) is 5.61. The Labute approximate surface area is 96.2 Å². The lowest BCUT2D eigenvalue weighted by Gasteiger charge is -2.15. The van der Waals surface area contributed by atoms with Crippen molar-refractivity contribution in [3.05, 3.63) is 59.4 Å². The highest BCUT2D eigenvalue weighted by Crippen LogP contribution is 2.25. The molecule has 0 saturated heterocycles. The Hall–Kier alpha value is -1.54. The van der Waals surface area contributed by atoms with Crippen LogP contribution in [0, 0.1) is 0 Å². The van der Waals surface area contributed by atoms with Gasteiger partial charge in [-0.2, -0.15) is 0 Å². The minimum absolute atomic E-state index is 0.531. The summed E-state index contributed by atoms with van der Waals surface area (Å²) >= 11 is 0. The zero-order chi connectivity index (χ0) is 11.5. The Bertz CT molecular complexity index is 473. The minimum atomic E-state index is -0.531. The number of hydrogen-bond acceptors (Lipinski definition) is 1. The van der Waals surface area contributed by atoms with E-state index in [0.717, 1.165) is 17.7 Å². The number of rotatable bonds is 3. The highest BCUT2D eigenvalue weighted by molar-refractivity contribution is 5.34. The number of aliphatic hydroxyl groups excluding tert-OH is 1. The third-order valence-corrected chi connectivity index (χ3v) is 2.99. The van der Waals surface area contributed by atoms with E-state index in [1.54, 1.807) is 0 Å². The van der Waals surface area contributed by atoms with Crippen molar-refractivity contribution < 1.29 is 5.11 Å². The van der Waals surface area contributed by atoms with Crippen molar-refractivity contribution in [1.82, 2.24) is 4.57 Å². The summed E-state index contributed by atoms with van der Waals surface area (Å²) in [6.45, 7) is 2.11. The third-order valence-electron chi connectivity index (χ3n) is 2.99. The largest absolute Gasteiger partial charge is 0.382 e. The molecule has 1 N–H and O–H groups in total. The Morgan fingerprint density at radius 1 is 1.19 bits per heavy atom. The van der Waals surface area contributed by atoms with Crippen LogP contribution in [0.5, 0.6) is 0 Å². The molecule has 0 unspecified atom stereocenters. The van der Waals surface area contributed by atoms with Crippen molar-refractivity contribution in [2.75, 3.05) is 0 Å². The summed E-state index contributed by atoms with van der Waals surface area (Å²) in [6, 6.07) is 12.0. The van der Waals surface area contributed by atoms with Gasteiger partial charge in [-0.15, -0.1) is 0 Å². The van der Waals surface area contributed by atoms with Gasteiger partial charge in [0.15, 0.2) is 0 Å². The summed E-state index contributed by atoms with van der Waals surface area (Å²) < 4.78 is 1.96. The van der Waals surface area contributed by atoms with Crippen molar-refractivity contribution in [3.8, 4) is 0 Å². The number of aromatic nitrogens is 1. The monoisotopic (exact) mass is 215 g/mol. The van der Waals surface area contributed by atoms with Crippen molar-refractivity contribution in [2.24, 2.45) is 7.05 Å². The molecular formula is C14H17NO. The number of benzene rings is 1. The molecule has 0 aliphatic rings. The Kier molecular flexibility index (Phi) is 3.11. The minimum Gasteiger partial charge on any atom is -0.382 e. The fraction of sp³-hybridized carbons (Fsp3) is 0.286. The van der Waals surface area contributed by atoms with Gasteiger partial charge in [-0.25, -0.2) is 0 Å². The van der Waals surface area contributed by atoms with Gasteiger partial charge in [0.25, 0.3) is 0 Å². The van der Waals surface area contributed by atoms with Gasteiger partial charge < -0.3 is 9.67 Å². The molecule has 84 valence electrons. The highest BCUT2D eigenvalue weighted by atomic mass is 16.3. The van der Waals surface area contributed by atoms with Gasteiger partial charge in [-0.3, -0.25) is 0 Å². The maximum Gasteiger partial charge on any atom is 0.119 e. The van der Waals surface area contributed by atoms with Crippen LogP contribution in [0.3, 0.4) is 0 Å². The molecular weight excluding hydrogens is 198 g/mol. The van der Waals surface area contributed by atoms with Gasteiger partial charge >= 0.3 is 0 Å². The summed E-state index contributed by atoms with van der Waals surface area (Å²) in [5, 5.41) is 10.4. The second-order valence-electron chi connectivity index (χ2n) is 4.00. The van der Waals surface area contributed by atoms with E-state index in [-0.39, 0.29) is 0 Å².